The smallest absolute Gasteiger partial charge is 0.269 e. The molecular formula is C15H13F4NO4S2. The minimum absolute atomic E-state index is 0.0234. The van der Waals surface area contributed by atoms with E-state index in [4.69, 9.17) is 0 Å². The number of anilines is 1. The average molecular weight is 411 g/mol. The summed E-state index contributed by atoms with van der Waals surface area (Å²) < 4.78 is 100. The Morgan fingerprint density at radius 2 is 1.38 bits per heavy atom. The number of sulfonamides is 1. The molecule has 0 aromatic heterocycles. The van der Waals surface area contributed by atoms with E-state index < -0.39 is 42.3 Å². The van der Waals surface area contributed by atoms with Crippen LogP contribution in [0.15, 0.2) is 52.3 Å². The molecule has 0 aliphatic heterocycles. The third-order valence-electron chi connectivity index (χ3n) is 3.53. The molecule has 0 saturated heterocycles. The zero-order valence-corrected chi connectivity index (χ0v) is 15.1. The fourth-order valence-corrected chi connectivity index (χ4v) is 3.93. The van der Waals surface area contributed by atoms with Crippen LogP contribution in [0.1, 0.15) is 5.56 Å². The summed E-state index contributed by atoms with van der Waals surface area (Å²) in [6, 6.07) is 6.10. The molecule has 0 amide bonds. The fourth-order valence-electron chi connectivity index (χ4n) is 2.08. The lowest BCUT2D eigenvalue weighted by molar-refractivity contribution is -0.140. The van der Waals surface area contributed by atoms with Crippen molar-refractivity contribution >= 4 is 25.5 Å². The first kappa shape index (κ1) is 20.2. The molecule has 0 spiro atoms. The highest BCUT2D eigenvalue weighted by Crippen LogP contribution is 2.34. The number of hydrogen-bond acceptors (Lipinski definition) is 4. The molecule has 0 bridgehead atoms. The number of hydrogen-bond donors (Lipinski definition) is 0. The zero-order chi connectivity index (χ0) is 19.9. The Balaban J connectivity index is 2.47. The van der Waals surface area contributed by atoms with Gasteiger partial charge in [0.15, 0.2) is 9.84 Å². The van der Waals surface area contributed by atoms with Crippen LogP contribution in [0.25, 0.3) is 0 Å². The van der Waals surface area contributed by atoms with E-state index in [1.54, 1.807) is 0 Å². The molecule has 11 heteroatoms. The summed E-state index contributed by atoms with van der Waals surface area (Å²) in [5.74, 6) is -1.59. The third kappa shape index (κ3) is 3.98. The Hall–Kier alpha value is -2.14. The van der Waals surface area contributed by atoms with Gasteiger partial charge < -0.3 is 0 Å². The van der Waals surface area contributed by atoms with Gasteiger partial charge in [-0.15, -0.1) is 0 Å². The van der Waals surface area contributed by atoms with Crippen molar-refractivity contribution in [1.29, 1.82) is 0 Å². The second-order valence-electron chi connectivity index (χ2n) is 5.38. The summed E-state index contributed by atoms with van der Waals surface area (Å²) in [5.41, 5.74) is -1.67. The van der Waals surface area contributed by atoms with Gasteiger partial charge in [0, 0.05) is 13.3 Å². The molecule has 2 rings (SSSR count). The number of sulfone groups is 1. The van der Waals surface area contributed by atoms with Crippen LogP contribution in [0, 0.1) is 5.82 Å². The molecule has 0 aliphatic carbocycles. The third-order valence-corrected chi connectivity index (χ3v) is 6.44. The Bertz CT molecular complexity index is 1030. The van der Waals surface area contributed by atoms with Gasteiger partial charge in [0.05, 0.1) is 21.0 Å². The minimum atomic E-state index is -5.05. The Labute approximate surface area is 147 Å². The predicted molar refractivity (Wildman–Crippen MR) is 86.5 cm³/mol. The maximum atomic E-state index is 13.3. The van der Waals surface area contributed by atoms with Gasteiger partial charge in [-0.25, -0.2) is 21.2 Å². The quantitative estimate of drug-likeness (QED) is 0.725. The molecule has 26 heavy (non-hydrogen) atoms. The summed E-state index contributed by atoms with van der Waals surface area (Å²) in [6.45, 7) is 0. The Morgan fingerprint density at radius 1 is 0.885 bits per heavy atom. The molecule has 2 aromatic carbocycles. The standard InChI is InChI=1S/C15H13F4NO4S2/c1-20(10-3-5-11(6-4-10)25(2,21)22)26(23,24)12-7-8-14(16)13(9-12)15(17,18)19/h3-9H,1-2H3. The molecule has 2 aromatic rings. The molecule has 0 saturated carbocycles. The molecule has 5 nitrogen and oxygen atoms in total. The van der Waals surface area contributed by atoms with Crippen LogP contribution in [0.2, 0.25) is 0 Å². The van der Waals surface area contributed by atoms with Crippen LogP contribution in [-0.4, -0.2) is 30.1 Å². The van der Waals surface area contributed by atoms with E-state index in [-0.39, 0.29) is 16.6 Å². The predicted octanol–water partition coefficient (Wildman–Crippen LogP) is 3.07. The molecular weight excluding hydrogens is 398 g/mol. The van der Waals surface area contributed by atoms with Crippen LogP contribution in [0.4, 0.5) is 23.2 Å². The monoisotopic (exact) mass is 411 g/mol. The van der Waals surface area contributed by atoms with Crippen LogP contribution < -0.4 is 4.31 Å². The van der Waals surface area contributed by atoms with Gasteiger partial charge in [-0.05, 0) is 42.5 Å². The number of halogens is 4. The summed E-state index contributed by atoms with van der Waals surface area (Å²) in [4.78, 5) is -0.797. The summed E-state index contributed by atoms with van der Waals surface area (Å²) in [5, 5.41) is 0. The van der Waals surface area contributed by atoms with Crippen molar-refractivity contribution in [3.63, 3.8) is 0 Å². The van der Waals surface area contributed by atoms with Crippen molar-refractivity contribution in [3.05, 3.63) is 53.8 Å². The van der Waals surface area contributed by atoms with E-state index in [2.05, 4.69) is 0 Å². The fraction of sp³-hybridized carbons (Fsp3) is 0.200. The zero-order valence-electron chi connectivity index (χ0n) is 13.5. The van der Waals surface area contributed by atoms with Crippen molar-refractivity contribution in [2.75, 3.05) is 17.6 Å². The van der Waals surface area contributed by atoms with Crippen molar-refractivity contribution in [1.82, 2.24) is 0 Å². The van der Waals surface area contributed by atoms with E-state index in [1.807, 2.05) is 0 Å². The largest absolute Gasteiger partial charge is 0.419 e. The maximum Gasteiger partial charge on any atom is 0.419 e. The van der Waals surface area contributed by atoms with Gasteiger partial charge in [0.25, 0.3) is 10.0 Å². The lowest BCUT2D eigenvalue weighted by Crippen LogP contribution is -2.27. The first-order chi connectivity index (χ1) is 11.7. The summed E-state index contributed by atoms with van der Waals surface area (Å²) >= 11 is 0. The van der Waals surface area contributed by atoms with Gasteiger partial charge in [-0.3, -0.25) is 4.31 Å². The van der Waals surface area contributed by atoms with E-state index in [9.17, 15) is 34.4 Å². The van der Waals surface area contributed by atoms with Gasteiger partial charge in [-0.2, -0.15) is 13.2 Å². The van der Waals surface area contributed by atoms with Crippen LogP contribution >= 0.6 is 0 Å². The van der Waals surface area contributed by atoms with Crippen LogP contribution in [0.3, 0.4) is 0 Å². The van der Waals surface area contributed by atoms with E-state index in [0.717, 1.165) is 19.4 Å². The second kappa shape index (κ2) is 6.54. The van der Waals surface area contributed by atoms with Gasteiger partial charge >= 0.3 is 6.18 Å². The first-order valence-corrected chi connectivity index (χ1v) is 10.2. The lowest BCUT2D eigenvalue weighted by atomic mass is 10.2. The molecule has 0 N–H and O–H groups in total. The van der Waals surface area contributed by atoms with Gasteiger partial charge in [0.2, 0.25) is 0 Å². The molecule has 142 valence electrons. The van der Waals surface area contributed by atoms with Crippen molar-refractivity contribution < 1.29 is 34.4 Å². The minimum Gasteiger partial charge on any atom is -0.269 e. The van der Waals surface area contributed by atoms with E-state index in [0.29, 0.717) is 10.4 Å². The van der Waals surface area contributed by atoms with Crippen molar-refractivity contribution in [2.45, 2.75) is 16.0 Å². The van der Waals surface area contributed by atoms with Crippen LogP contribution in [0.5, 0.6) is 0 Å². The Kier molecular flexibility index (Phi) is 5.08. The van der Waals surface area contributed by atoms with Crippen LogP contribution in [-0.2, 0) is 26.0 Å². The van der Waals surface area contributed by atoms with E-state index in [1.165, 1.54) is 24.3 Å². The maximum absolute atomic E-state index is 13.3. The number of rotatable bonds is 4. The van der Waals surface area contributed by atoms with Gasteiger partial charge in [-0.1, -0.05) is 0 Å². The second-order valence-corrected chi connectivity index (χ2v) is 9.36. The topological polar surface area (TPSA) is 71.5 Å². The van der Waals surface area contributed by atoms with E-state index >= 15 is 0 Å². The number of nitrogens with zero attached hydrogens (tertiary/aromatic N) is 1. The summed E-state index contributed by atoms with van der Waals surface area (Å²) in [7, 11) is -6.83. The number of benzene rings is 2. The molecule has 0 atom stereocenters. The van der Waals surface area contributed by atoms with Crippen molar-refractivity contribution in [3.8, 4) is 0 Å². The molecule has 0 unspecified atom stereocenters. The first-order valence-electron chi connectivity index (χ1n) is 6.90. The molecule has 0 fully saturated rings. The SMILES string of the molecule is CN(c1ccc(S(C)(=O)=O)cc1)S(=O)(=O)c1ccc(F)c(C(F)(F)F)c1. The average Bonchev–Trinajstić information content (AvgIpc) is 2.52. The Morgan fingerprint density at radius 3 is 1.85 bits per heavy atom. The number of alkyl halides is 3. The molecule has 0 aliphatic rings. The molecule has 0 radical (unpaired) electrons. The summed E-state index contributed by atoms with van der Waals surface area (Å²) in [6.07, 6.45) is -4.08. The highest BCUT2D eigenvalue weighted by atomic mass is 32.2. The van der Waals surface area contributed by atoms with Gasteiger partial charge in [0.1, 0.15) is 5.82 Å². The molecule has 0 heterocycles. The van der Waals surface area contributed by atoms with Crippen molar-refractivity contribution in [2.24, 2.45) is 0 Å². The highest BCUT2D eigenvalue weighted by molar-refractivity contribution is 7.92. The lowest BCUT2D eigenvalue weighted by Gasteiger charge is -2.20. The highest BCUT2D eigenvalue weighted by Gasteiger charge is 2.36. The normalized spacial score (nSPS) is 12.8.